The van der Waals surface area contributed by atoms with E-state index < -0.39 is 6.10 Å². The lowest BCUT2D eigenvalue weighted by atomic mass is 10.1. The summed E-state index contributed by atoms with van der Waals surface area (Å²) in [7, 11) is 0. The van der Waals surface area contributed by atoms with Crippen LogP contribution >= 0.6 is 15.9 Å². The molecule has 0 spiro atoms. The molecule has 3 heteroatoms. The van der Waals surface area contributed by atoms with Crippen LogP contribution in [0.3, 0.4) is 0 Å². The van der Waals surface area contributed by atoms with Crippen LogP contribution in [0.2, 0.25) is 0 Å². The Morgan fingerprint density at radius 2 is 2.31 bits per heavy atom. The third-order valence-electron chi connectivity index (χ3n) is 1.64. The number of benzene rings is 1. The SMILES string of the molecule is C#CCC(O)c1ccc(F)c(Br)c1. The predicted molar refractivity (Wildman–Crippen MR) is 52.5 cm³/mol. The number of aliphatic hydroxyl groups excluding tert-OH is 1. The van der Waals surface area contributed by atoms with Crippen LogP contribution in [0.1, 0.15) is 18.1 Å². The lowest BCUT2D eigenvalue weighted by molar-refractivity contribution is 0.184. The van der Waals surface area contributed by atoms with Gasteiger partial charge in [0.2, 0.25) is 0 Å². The molecule has 1 unspecified atom stereocenters. The van der Waals surface area contributed by atoms with Gasteiger partial charge in [0, 0.05) is 6.42 Å². The zero-order chi connectivity index (χ0) is 9.84. The average Bonchev–Trinajstić information content (AvgIpc) is 2.10. The van der Waals surface area contributed by atoms with Crippen LogP contribution in [0.15, 0.2) is 22.7 Å². The first-order valence-corrected chi connectivity index (χ1v) is 4.51. The van der Waals surface area contributed by atoms with Gasteiger partial charge in [-0.3, -0.25) is 0 Å². The monoisotopic (exact) mass is 242 g/mol. The topological polar surface area (TPSA) is 20.2 Å². The molecule has 13 heavy (non-hydrogen) atoms. The highest BCUT2D eigenvalue weighted by Crippen LogP contribution is 2.22. The Morgan fingerprint density at radius 3 is 2.85 bits per heavy atom. The largest absolute Gasteiger partial charge is 0.387 e. The van der Waals surface area contributed by atoms with E-state index >= 15 is 0 Å². The van der Waals surface area contributed by atoms with Gasteiger partial charge in [-0.2, -0.15) is 0 Å². The summed E-state index contributed by atoms with van der Waals surface area (Å²) in [6.45, 7) is 0. The maximum Gasteiger partial charge on any atom is 0.137 e. The van der Waals surface area contributed by atoms with E-state index in [0.717, 1.165) is 0 Å². The van der Waals surface area contributed by atoms with E-state index in [0.29, 0.717) is 10.0 Å². The van der Waals surface area contributed by atoms with E-state index in [1.165, 1.54) is 18.2 Å². The molecule has 0 radical (unpaired) electrons. The maximum atomic E-state index is 12.8. The summed E-state index contributed by atoms with van der Waals surface area (Å²) in [5, 5.41) is 9.45. The third-order valence-corrected chi connectivity index (χ3v) is 2.25. The molecular weight excluding hydrogens is 235 g/mol. The number of terminal acetylenes is 1. The zero-order valence-corrected chi connectivity index (χ0v) is 8.38. The Hall–Kier alpha value is -0.850. The van der Waals surface area contributed by atoms with Crippen molar-refractivity contribution in [2.45, 2.75) is 12.5 Å². The van der Waals surface area contributed by atoms with Gasteiger partial charge < -0.3 is 5.11 Å². The van der Waals surface area contributed by atoms with E-state index in [1.807, 2.05) is 0 Å². The number of hydrogen-bond acceptors (Lipinski definition) is 1. The number of hydrogen-bond donors (Lipinski definition) is 1. The molecule has 0 aliphatic rings. The molecule has 1 aromatic rings. The quantitative estimate of drug-likeness (QED) is 0.791. The number of rotatable bonds is 2. The smallest absolute Gasteiger partial charge is 0.137 e. The van der Waals surface area contributed by atoms with Gasteiger partial charge in [0.05, 0.1) is 10.6 Å². The van der Waals surface area contributed by atoms with Gasteiger partial charge in [0.1, 0.15) is 5.82 Å². The normalized spacial score (nSPS) is 12.2. The van der Waals surface area contributed by atoms with Crippen LogP contribution in [-0.2, 0) is 0 Å². The first-order chi connectivity index (χ1) is 6.15. The highest BCUT2D eigenvalue weighted by Gasteiger charge is 2.07. The third kappa shape index (κ3) is 2.55. The van der Waals surface area contributed by atoms with E-state index in [2.05, 4.69) is 21.9 Å². The Labute approximate surface area is 84.7 Å². The molecule has 0 aliphatic carbocycles. The minimum atomic E-state index is -0.720. The van der Waals surface area contributed by atoms with Crippen LogP contribution in [-0.4, -0.2) is 5.11 Å². The summed E-state index contributed by atoms with van der Waals surface area (Å²) in [5.74, 6) is 1.99. The molecule has 0 bridgehead atoms. The van der Waals surface area contributed by atoms with Crippen LogP contribution in [0.5, 0.6) is 0 Å². The van der Waals surface area contributed by atoms with Gasteiger partial charge in [0.15, 0.2) is 0 Å². The van der Waals surface area contributed by atoms with Crippen molar-refractivity contribution in [1.82, 2.24) is 0 Å². The van der Waals surface area contributed by atoms with Crippen molar-refractivity contribution in [2.75, 3.05) is 0 Å². The molecular formula is C10H8BrFO. The van der Waals surface area contributed by atoms with E-state index in [9.17, 15) is 9.50 Å². The minimum Gasteiger partial charge on any atom is -0.387 e. The van der Waals surface area contributed by atoms with Crippen molar-refractivity contribution in [3.05, 3.63) is 34.1 Å². The standard InChI is InChI=1S/C10H8BrFO/c1-2-3-10(13)7-4-5-9(12)8(11)6-7/h1,4-6,10,13H,3H2. The second kappa shape index (κ2) is 4.40. The van der Waals surface area contributed by atoms with Crippen molar-refractivity contribution in [1.29, 1.82) is 0 Å². The Morgan fingerprint density at radius 1 is 1.62 bits per heavy atom. The summed E-state index contributed by atoms with van der Waals surface area (Å²) in [6.07, 6.45) is 4.55. The lowest BCUT2D eigenvalue weighted by Crippen LogP contribution is -1.96. The molecule has 0 aromatic heterocycles. The fourth-order valence-corrected chi connectivity index (χ4v) is 1.35. The highest BCUT2D eigenvalue weighted by atomic mass is 79.9. The minimum absolute atomic E-state index is 0.234. The second-order valence-electron chi connectivity index (χ2n) is 2.60. The number of aliphatic hydroxyl groups is 1. The first kappa shape index (κ1) is 10.2. The molecule has 0 amide bonds. The Bertz CT molecular complexity index is 343. The average molecular weight is 243 g/mol. The molecule has 1 nitrogen and oxygen atoms in total. The predicted octanol–water partition coefficient (Wildman–Crippen LogP) is 2.64. The molecule has 0 fully saturated rings. The summed E-state index contributed by atoms with van der Waals surface area (Å²) >= 11 is 3.03. The van der Waals surface area contributed by atoms with Crippen LogP contribution in [0.4, 0.5) is 4.39 Å². The van der Waals surface area contributed by atoms with Gasteiger partial charge in [-0.1, -0.05) is 6.07 Å². The van der Waals surface area contributed by atoms with Gasteiger partial charge in [-0.25, -0.2) is 4.39 Å². The van der Waals surface area contributed by atoms with Crippen molar-refractivity contribution >= 4 is 15.9 Å². The zero-order valence-electron chi connectivity index (χ0n) is 6.80. The van der Waals surface area contributed by atoms with Crippen molar-refractivity contribution in [3.8, 4) is 12.3 Å². The molecule has 1 atom stereocenters. The maximum absolute atomic E-state index is 12.8. The molecule has 0 heterocycles. The van der Waals surface area contributed by atoms with Gasteiger partial charge in [-0.15, -0.1) is 12.3 Å². The van der Waals surface area contributed by atoms with Gasteiger partial charge >= 0.3 is 0 Å². The number of halogens is 2. The molecule has 68 valence electrons. The fourth-order valence-electron chi connectivity index (χ4n) is 0.949. The first-order valence-electron chi connectivity index (χ1n) is 3.71. The van der Waals surface area contributed by atoms with Crippen LogP contribution in [0, 0.1) is 18.2 Å². The van der Waals surface area contributed by atoms with Crippen molar-refractivity contribution < 1.29 is 9.50 Å². The second-order valence-corrected chi connectivity index (χ2v) is 3.45. The van der Waals surface area contributed by atoms with Gasteiger partial charge in [0.25, 0.3) is 0 Å². The van der Waals surface area contributed by atoms with E-state index in [1.54, 1.807) is 0 Å². The summed E-state index contributed by atoms with van der Waals surface area (Å²) in [6, 6.07) is 4.33. The van der Waals surface area contributed by atoms with Crippen molar-refractivity contribution in [3.63, 3.8) is 0 Å². The molecule has 0 saturated carbocycles. The van der Waals surface area contributed by atoms with E-state index in [4.69, 9.17) is 6.42 Å². The Kier molecular flexibility index (Phi) is 3.47. The lowest BCUT2D eigenvalue weighted by Gasteiger charge is -2.07. The molecule has 1 aromatic carbocycles. The van der Waals surface area contributed by atoms with Gasteiger partial charge in [-0.05, 0) is 33.6 Å². The molecule has 1 rings (SSSR count). The highest BCUT2D eigenvalue weighted by molar-refractivity contribution is 9.10. The molecule has 0 aliphatic heterocycles. The summed E-state index contributed by atoms with van der Waals surface area (Å²) in [5.41, 5.74) is 0.617. The van der Waals surface area contributed by atoms with E-state index in [-0.39, 0.29) is 12.2 Å². The molecule has 1 N–H and O–H groups in total. The summed E-state index contributed by atoms with van der Waals surface area (Å²) in [4.78, 5) is 0. The Balaban J connectivity index is 2.91. The fraction of sp³-hybridized carbons (Fsp3) is 0.200. The molecule has 0 saturated heterocycles. The summed E-state index contributed by atoms with van der Waals surface area (Å²) < 4.78 is 13.1. The van der Waals surface area contributed by atoms with Crippen LogP contribution < -0.4 is 0 Å². The van der Waals surface area contributed by atoms with Crippen LogP contribution in [0.25, 0.3) is 0 Å². The van der Waals surface area contributed by atoms with Crippen molar-refractivity contribution in [2.24, 2.45) is 0 Å².